The highest BCUT2D eigenvalue weighted by atomic mass is 32.1. The van der Waals surface area contributed by atoms with Crippen LogP contribution in [0.3, 0.4) is 0 Å². The van der Waals surface area contributed by atoms with Crippen LogP contribution < -0.4 is 9.80 Å². The van der Waals surface area contributed by atoms with Gasteiger partial charge in [0.25, 0.3) is 11.8 Å². The van der Waals surface area contributed by atoms with E-state index in [0.717, 1.165) is 9.75 Å². The van der Waals surface area contributed by atoms with Gasteiger partial charge in [-0.15, -0.1) is 22.7 Å². The number of hydrazine groups is 1. The third-order valence-electron chi connectivity index (χ3n) is 8.42. The van der Waals surface area contributed by atoms with Crippen molar-refractivity contribution in [3.05, 3.63) is 105 Å². The summed E-state index contributed by atoms with van der Waals surface area (Å²) in [6.45, 7) is 0. The first kappa shape index (κ1) is 23.9. The van der Waals surface area contributed by atoms with Crippen LogP contribution in [-0.2, 0) is 19.2 Å². The Kier molecular flexibility index (Phi) is 5.24. The Bertz CT molecular complexity index is 1520. The molecule has 0 saturated carbocycles. The van der Waals surface area contributed by atoms with E-state index in [4.69, 9.17) is 0 Å². The molecule has 0 bridgehead atoms. The minimum absolute atomic E-state index is 0.285. The lowest BCUT2D eigenvalue weighted by molar-refractivity contribution is -0.135. The maximum absolute atomic E-state index is 14.2. The van der Waals surface area contributed by atoms with E-state index in [1.165, 1.54) is 32.5 Å². The molecule has 0 N–H and O–H groups in total. The molecular formula is C30H22N4O4S2. The van der Waals surface area contributed by atoms with Crippen molar-refractivity contribution in [3.63, 3.8) is 0 Å². The number of nitrogens with zero attached hydrogens (tertiary/aromatic N) is 4. The van der Waals surface area contributed by atoms with Gasteiger partial charge in [0.15, 0.2) is 0 Å². The highest BCUT2D eigenvalue weighted by Crippen LogP contribution is 2.60. The van der Waals surface area contributed by atoms with Crippen molar-refractivity contribution in [1.29, 1.82) is 0 Å². The van der Waals surface area contributed by atoms with Crippen molar-refractivity contribution in [2.24, 2.45) is 11.8 Å². The van der Waals surface area contributed by atoms with E-state index in [0.29, 0.717) is 11.4 Å². The standard InChI is InChI=1S/C30H22N4O4S2/c35-27-21-23(19-13-7-15-39-19)34-26-22(28(36)32(30(26)38)18-11-5-2-6-12-18)24(20-14-8-16-40-20)33(34)25(21)29(37)31(27)17-9-3-1-4-10-17/h1-16,21-26H. The van der Waals surface area contributed by atoms with Crippen LogP contribution in [-0.4, -0.2) is 45.7 Å². The molecule has 8 nitrogen and oxygen atoms in total. The number of para-hydroxylation sites is 2. The largest absolute Gasteiger partial charge is 0.274 e. The summed E-state index contributed by atoms with van der Waals surface area (Å²) in [6, 6.07) is 22.9. The van der Waals surface area contributed by atoms with E-state index in [1.807, 2.05) is 57.2 Å². The van der Waals surface area contributed by atoms with E-state index >= 15 is 0 Å². The summed E-state index contributed by atoms with van der Waals surface area (Å²) in [5, 5.41) is 7.70. The molecule has 2 aromatic carbocycles. The van der Waals surface area contributed by atoms with Gasteiger partial charge < -0.3 is 0 Å². The Labute approximate surface area is 237 Å². The van der Waals surface area contributed by atoms with Gasteiger partial charge in [0.2, 0.25) is 11.8 Å². The Hall–Kier alpha value is -3.96. The van der Waals surface area contributed by atoms with E-state index in [-0.39, 0.29) is 23.6 Å². The summed E-state index contributed by atoms with van der Waals surface area (Å²) in [7, 11) is 0. The number of imide groups is 2. The van der Waals surface area contributed by atoms with Gasteiger partial charge >= 0.3 is 0 Å². The third-order valence-corrected chi connectivity index (χ3v) is 10.3. The zero-order valence-electron chi connectivity index (χ0n) is 20.9. The maximum Gasteiger partial charge on any atom is 0.253 e. The topological polar surface area (TPSA) is 81.2 Å². The van der Waals surface area contributed by atoms with Crippen molar-refractivity contribution >= 4 is 57.7 Å². The number of amides is 4. The third kappa shape index (κ3) is 3.07. The van der Waals surface area contributed by atoms with Gasteiger partial charge in [-0.2, -0.15) is 0 Å². The summed E-state index contributed by atoms with van der Waals surface area (Å²) in [6.07, 6.45) is 0. The second-order valence-electron chi connectivity index (χ2n) is 10.3. The smallest absolute Gasteiger partial charge is 0.253 e. The first-order valence-electron chi connectivity index (χ1n) is 13.1. The number of thiophene rings is 2. The molecule has 0 aliphatic carbocycles. The predicted molar refractivity (Wildman–Crippen MR) is 150 cm³/mol. The van der Waals surface area contributed by atoms with Crippen LogP contribution in [0.2, 0.25) is 0 Å². The molecule has 6 atom stereocenters. The lowest BCUT2D eigenvalue weighted by atomic mass is 9.88. The molecule has 4 amide bonds. The fourth-order valence-corrected chi connectivity index (χ4v) is 8.71. The van der Waals surface area contributed by atoms with Gasteiger partial charge in [0.1, 0.15) is 12.1 Å². The normalized spacial score (nSPS) is 29.9. The molecule has 40 heavy (non-hydrogen) atoms. The number of benzene rings is 2. The summed E-state index contributed by atoms with van der Waals surface area (Å²) in [5.74, 6) is -2.66. The van der Waals surface area contributed by atoms with Gasteiger partial charge in [-0.3, -0.25) is 19.2 Å². The molecule has 8 rings (SSSR count). The highest BCUT2D eigenvalue weighted by molar-refractivity contribution is 7.10. The average Bonchev–Trinajstić information content (AvgIpc) is 3.80. The van der Waals surface area contributed by atoms with Crippen LogP contribution in [0, 0.1) is 11.8 Å². The Morgan fingerprint density at radius 2 is 0.850 bits per heavy atom. The van der Waals surface area contributed by atoms with Crippen LogP contribution in [0.15, 0.2) is 95.7 Å². The SMILES string of the molecule is O=C1C2C(C(=O)N1c1ccccc1)N1C(c3cccs3)C3C(=O)N(c4ccccc4)C(=O)C3N1C2c1cccs1. The summed E-state index contributed by atoms with van der Waals surface area (Å²) in [4.78, 5) is 61.0. The van der Waals surface area contributed by atoms with Crippen molar-refractivity contribution in [2.75, 3.05) is 9.80 Å². The van der Waals surface area contributed by atoms with Gasteiger partial charge in [-0.1, -0.05) is 48.5 Å². The lowest BCUT2D eigenvalue weighted by Crippen LogP contribution is -2.50. The zero-order chi connectivity index (χ0) is 27.1. The summed E-state index contributed by atoms with van der Waals surface area (Å²) in [5.41, 5.74) is 1.05. The number of fused-ring (bicyclic) bond motifs is 5. The molecule has 4 aromatic rings. The maximum atomic E-state index is 14.2. The fraction of sp³-hybridized carbons (Fsp3) is 0.200. The second-order valence-corrected chi connectivity index (χ2v) is 12.3. The summed E-state index contributed by atoms with van der Waals surface area (Å²) >= 11 is 2.99. The quantitative estimate of drug-likeness (QED) is 0.344. The number of rotatable bonds is 4. The zero-order valence-corrected chi connectivity index (χ0v) is 22.6. The minimum atomic E-state index is -0.830. The molecule has 0 spiro atoms. The number of carbonyl (C=O) groups excluding carboxylic acids is 4. The van der Waals surface area contributed by atoms with E-state index in [1.54, 1.807) is 48.5 Å². The number of hydrogen-bond donors (Lipinski definition) is 0. The number of carbonyl (C=O) groups is 4. The molecule has 198 valence electrons. The van der Waals surface area contributed by atoms with Crippen molar-refractivity contribution < 1.29 is 19.2 Å². The highest BCUT2D eigenvalue weighted by Gasteiger charge is 2.74. The Balaban J connectivity index is 1.32. The first-order valence-corrected chi connectivity index (χ1v) is 14.8. The molecule has 4 saturated heterocycles. The molecule has 4 fully saturated rings. The van der Waals surface area contributed by atoms with Crippen molar-refractivity contribution in [1.82, 2.24) is 10.0 Å². The second kappa shape index (κ2) is 8.77. The number of hydrogen-bond acceptors (Lipinski definition) is 8. The van der Waals surface area contributed by atoms with Crippen molar-refractivity contribution in [2.45, 2.75) is 24.2 Å². The van der Waals surface area contributed by atoms with Gasteiger partial charge in [-0.05, 0) is 47.2 Å². The first-order chi connectivity index (χ1) is 19.6. The summed E-state index contributed by atoms with van der Waals surface area (Å²) < 4.78 is 0. The molecule has 6 unspecified atom stereocenters. The number of anilines is 2. The van der Waals surface area contributed by atoms with Gasteiger partial charge in [0, 0.05) is 9.75 Å². The molecule has 0 radical (unpaired) electrons. The molecule has 6 heterocycles. The van der Waals surface area contributed by atoms with Crippen LogP contribution in [0.25, 0.3) is 0 Å². The molecule has 2 aromatic heterocycles. The lowest BCUT2D eigenvalue weighted by Gasteiger charge is -2.35. The van der Waals surface area contributed by atoms with E-state index in [2.05, 4.69) is 0 Å². The average molecular weight is 567 g/mol. The molecular weight excluding hydrogens is 544 g/mol. The van der Waals surface area contributed by atoms with Gasteiger partial charge in [0.05, 0.1) is 35.3 Å². The van der Waals surface area contributed by atoms with E-state index < -0.39 is 36.0 Å². The molecule has 4 aliphatic rings. The van der Waals surface area contributed by atoms with Gasteiger partial charge in [-0.25, -0.2) is 19.8 Å². The van der Waals surface area contributed by atoms with Crippen LogP contribution in [0.4, 0.5) is 11.4 Å². The predicted octanol–water partition coefficient (Wildman–Crippen LogP) is 4.25. The Morgan fingerprint density at radius 3 is 1.20 bits per heavy atom. The van der Waals surface area contributed by atoms with Crippen LogP contribution in [0.1, 0.15) is 21.8 Å². The van der Waals surface area contributed by atoms with Crippen molar-refractivity contribution in [3.8, 4) is 0 Å². The molecule has 4 aliphatic heterocycles. The Morgan fingerprint density at radius 1 is 0.450 bits per heavy atom. The minimum Gasteiger partial charge on any atom is -0.274 e. The molecule has 10 heteroatoms. The van der Waals surface area contributed by atoms with Crippen LogP contribution in [0.5, 0.6) is 0 Å². The van der Waals surface area contributed by atoms with Crippen LogP contribution >= 0.6 is 22.7 Å². The monoisotopic (exact) mass is 566 g/mol. The fourth-order valence-electron chi connectivity index (χ4n) is 6.97. The van der Waals surface area contributed by atoms with E-state index in [9.17, 15) is 19.2 Å².